The van der Waals surface area contributed by atoms with Gasteiger partial charge in [0, 0.05) is 19.8 Å². The molecular formula is C14H30O3Si. The second kappa shape index (κ2) is 10.7. The lowest BCUT2D eigenvalue weighted by atomic mass is 10.2. The summed E-state index contributed by atoms with van der Waals surface area (Å²) >= 11 is 0. The topological polar surface area (TPSA) is 27.7 Å². The van der Waals surface area contributed by atoms with E-state index in [-0.39, 0.29) is 5.41 Å². The monoisotopic (exact) mass is 274 g/mol. The Balaban J connectivity index is 3.57. The number of ether oxygens (including phenoxy) is 3. The van der Waals surface area contributed by atoms with Gasteiger partial charge in [0.05, 0.1) is 16.8 Å². The van der Waals surface area contributed by atoms with Crippen molar-refractivity contribution in [1.29, 1.82) is 0 Å². The third kappa shape index (κ3) is 9.83. The largest absolute Gasteiger partial charge is 0.377 e. The van der Waals surface area contributed by atoms with Crippen molar-refractivity contribution in [3.8, 4) is 0 Å². The van der Waals surface area contributed by atoms with Crippen LogP contribution in [-0.2, 0) is 14.2 Å². The van der Waals surface area contributed by atoms with Crippen LogP contribution in [0.3, 0.4) is 0 Å². The van der Waals surface area contributed by atoms with Crippen LogP contribution in [0.25, 0.3) is 0 Å². The van der Waals surface area contributed by atoms with Crippen LogP contribution in [0.5, 0.6) is 0 Å². The summed E-state index contributed by atoms with van der Waals surface area (Å²) in [5.74, 6) is 0. The smallest absolute Gasteiger partial charge is 0.141 e. The molecule has 0 saturated carbocycles. The van der Waals surface area contributed by atoms with E-state index in [1.807, 2.05) is 20.8 Å². The summed E-state index contributed by atoms with van der Waals surface area (Å²) < 4.78 is 16.9. The van der Waals surface area contributed by atoms with E-state index in [2.05, 4.69) is 6.58 Å². The highest BCUT2D eigenvalue weighted by Gasteiger charge is 2.23. The van der Waals surface area contributed by atoms with Crippen LogP contribution in [0.1, 0.15) is 46.5 Å². The number of hydrogen-bond acceptors (Lipinski definition) is 3. The average Bonchev–Trinajstić information content (AvgIpc) is 2.28. The van der Waals surface area contributed by atoms with Crippen molar-refractivity contribution >= 4 is 10.2 Å². The normalized spacial score (nSPS) is 11.9. The molecule has 0 aliphatic carbocycles. The van der Waals surface area contributed by atoms with Crippen molar-refractivity contribution in [2.45, 2.75) is 51.9 Å². The van der Waals surface area contributed by atoms with Gasteiger partial charge in [-0.1, -0.05) is 18.6 Å². The highest BCUT2D eigenvalue weighted by Crippen LogP contribution is 2.18. The lowest BCUT2D eigenvalue weighted by molar-refractivity contribution is -0.177. The summed E-state index contributed by atoms with van der Waals surface area (Å²) in [7, 11) is 0.918. The van der Waals surface area contributed by atoms with Crippen molar-refractivity contribution in [3.63, 3.8) is 0 Å². The summed E-state index contributed by atoms with van der Waals surface area (Å²) in [6.07, 6.45) is 4.41. The predicted molar refractivity (Wildman–Crippen MR) is 80.0 cm³/mol. The summed E-state index contributed by atoms with van der Waals surface area (Å²) in [4.78, 5) is 0. The number of hydrogen-bond donors (Lipinski definition) is 0. The zero-order valence-corrected chi connectivity index (χ0v) is 14.6. The maximum Gasteiger partial charge on any atom is 0.141 e. The molecule has 0 bridgehead atoms. The lowest BCUT2D eigenvalue weighted by Gasteiger charge is -2.29. The van der Waals surface area contributed by atoms with Gasteiger partial charge in [-0.3, -0.25) is 0 Å². The zero-order chi connectivity index (χ0) is 13.9. The summed E-state index contributed by atoms with van der Waals surface area (Å²) in [6, 6.07) is 0. The first-order valence-electron chi connectivity index (χ1n) is 7.04. The van der Waals surface area contributed by atoms with Crippen LogP contribution >= 0.6 is 0 Å². The van der Waals surface area contributed by atoms with Crippen LogP contribution in [0.15, 0.2) is 12.2 Å². The van der Waals surface area contributed by atoms with Crippen LogP contribution in [0, 0.1) is 0 Å². The van der Waals surface area contributed by atoms with E-state index in [0.29, 0.717) is 6.61 Å². The van der Waals surface area contributed by atoms with Crippen LogP contribution in [0.4, 0.5) is 0 Å². The molecule has 0 atom stereocenters. The molecule has 0 N–H and O–H groups in total. The zero-order valence-electron chi connectivity index (χ0n) is 12.6. The van der Waals surface area contributed by atoms with Gasteiger partial charge >= 0.3 is 0 Å². The second-order valence-corrected chi connectivity index (χ2v) is 6.34. The Hall–Kier alpha value is -0.163. The molecular weight excluding hydrogens is 244 g/mol. The third-order valence-corrected chi connectivity index (χ3v) is 3.74. The van der Waals surface area contributed by atoms with Crippen molar-refractivity contribution in [1.82, 2.24) is 0 Å². The van der Waals surface area contributed by atoms with Gasteiger partial charge in [-0.15, -0.1) is 0 Å². The Labute approximate surface area is 115 Å². The molecule has 0 aromatic rings. The molecule has 3 nitrogen and oxygen atoms in total. The summed E-state index contributed by atoms with van der Waals surface area (Å²) in [5.41, 5.74) is 0.809. The first-order chi connectivity index (χ1) is 8.54. The van der Waals surface area contributed by atoms with Gasteiger partial charge in [0.15, 0.2) is 0 Å². The molecule has 0 amide bonds. The van der Waals surface area contributed by atoms with Crippen molar-refractivity contribution in [3.05, 3.63) is 12.2 Å². The highest BCUT2D eigenvalue weighted by atomic mass is 28.1. The Kier molecular flexibility index (Phi) is 10.6. The van der Waals surface area contributed by atoms with E-state index in [1.165, 1.54) is 6.42 Å². The van der Waals surface area contributed by atoms with Gasteiger partial charge in [0.25, 0.3) is 0 Å². The molecule has 0 spiro atoms. The van der Waals surface area contributed by atoms with E-state index in [9.17, 15) is 0 Å². The highest BCUT2D eigenvalue weighted by molar-refractivity contribution is 6.13. The lowest BCUT2D eigenvalue weighted by Crippen LogP contribution is -2.36. The van der Waals surface area contributed by atoms with E-state index in [1.54, 1.807) is 0 Å². The van der Waals surface area contributed by atoms with Crippen LogP contribution in [-0.4, -0.2) is 42.1 Å². The predicted octanol–water partition coefficient (Wildman–Crippen LogP) is 2.23. The van der Waals surface area contributed by atoms with Crippen LogP contribution in [0.2, 0.25) is 0 Å². The minimum absolute atomic E-state index is 0.276. The van der Waals surface area contributed by atoms with Crippen molar-refractivity contribution in [2.75, 3.05) is 26.4 Å². The maximum atomic E-state index is 5.73. The molecule has 0 aliphatic heterocycles. The van der Waals surface area contributed by atoms with Gasteiger partial charge < -0.3 is 14.2 Å². The molecule has 0 rings (SSSR count). The van der Waals surface area contributed by atoms with Gasteiger partial charge in [-0.2, -0.15) is 0 Å². The standard InChI is InChI=1S/C14H30O3Si/c1-5-16-14(18,17-6-2)10-8-7-9-11-15-12-13(3)4/h3,5-12H2,1-2,4,18H3. The Morgan fingerprint density at radius 2 is 1.72 bits per heavy atom. The van der Waals surface area contributed by atoms with Gasteiger partial charge in [0.2, 0.25) is 0 Å². The molecule has 0 aromatic carbocycles. The van der Waals surface area contributed by atoms with Crippen LogP contribution < -0.4 is 0 Å². The fourth-order valence-electron chi connectivity index (χ4n) is 1.87. The number of unbranched alkanes of at least 4 members (excludes halogenated alkanes) is 2. The maximum absolute atomic E-state index is 5.73. The summed E-state index contributed by atoms with van der Waals surface area (Å²) in [5, 5.41) is 0. The van der Waals surface area contributed by atoms with Crippen molar-refractivity contribution in [2.24, 2.45) is 0 Å². The average molecular weight is 274 g/mol. The molecule has 0 fully saturated rings. The molecule has 0 unspecified atom stereocenters. The van der Waals surface area contributed by atoms with E-state index < -0.39 is 0 Å². The van der Waals surface area contributed by atoms with Gasteiger partial charge in [-0.25, -0.2) is 0 Å². The quantitative estimate of drug-likeness (QED) is 0.236. The third-order valence-electron chi connectivity index (χ3n) is 2.67. The Morgan fingerprint density at radius 3 is 2.22 bits per heavy atom. The van der Waals surface area contributed by atoms with Gasteiger partial charge in [0.1, 0.15) is 5.41 Å². The minimum atomic E-state index is -0.276. The summed E-state index contributed by atoms with van der Waals surface area (Å²) in [6.45, 7) is 12.8. The molecule has 108 valence electrons. The van der Waals surface area contributed by atoms with E-state index in [4.69, 9.17) is 14.2 Å². The first-order valence-corrected chi connectivity index (χ1v) is 8.04. The number of rotatable bonds is 12. The molecule has 0 radical (unpaired) electrons. The SMILES string of the molecule is C=C(C)COCCCCCC([SiH3])(OCC)OCC. The fraction of sp³-hybridized carbons (Fsp3) is 0.857. The molecule has 18 heavy (non-hydrogen) atoms. The second-order valence-electron chi connectivity index (χ2n) is 4.82. The van der Waals surface area contributed by atoms with E-state index >= 15 is 0 Å². The van der Waals surface area contributed by atoms with Gasteiger partial charge in [-0.05, 0) is 40.0 Å². The molecule has 0 aliphatic rings. The Morgan fingerprint density at radius 1 is 1.11 bits per heavy atom. The van der Waals surface area contributed by atoms with Crippen molar-refractivity contribution < 1.29 is 14.2 Å². The Bertz CT molecular complexity index is 213. The van der Waals surface area contributed by atoms with E-state index in [0.717, 1.165) is 54.9 Å². The molecule has 0 heterocycles. The minimum Gasteiger partial charge on any atom is -0.377 e. The molecule has 0 aromatic heterocycles. The fourth-order valence-corrected chi connectivity index (χ4v) is 2.80. The molecule has 4 heteroatoms. The first kappa shape index (κ1) is 17.8. The molecule has 0 saturated heterocycles.